The topological polar surface area (TPSA) is 102 Å². The normalized spacial score (nSPS) is 14.6. The minimum atomic E-state index is -1.08. The fourth-order valence-corrected chi connectivity index (χ4v) is 2.01. The molecule has 0 bridgehead atoms. The van der Waals surface area contributed by atoms with Gasteiger partial charge < -0.3 is 14.9 Å². The first-order chi connectivity index (χ1) is 11.9. The largest absolute Gasteiger partial charge is 0.445 e. The fraction of sp³-hybridized carbons (Fsp3) is 0.294. The van der Waals surface area contributed by atoms with E-state index < -0.39 is 29.9 Å². The van der Waals surface area contributed by atoms with Crippen LogP contribution in [0, 0.1) is 5.92 Å². The zero-order valence-corrected chi connectivity index (χ0v) is 13.8. The van der Waals surface area contributed by atoms with Gasteiger partial charge in [0.25, 0.3) is 11.8 Å². The lowest BCUT2D eigenvalue weighted by molar-refractivity contribution is -0.198. The maximum absolute atomic E-state index is 12.2. The number of hydroxylamine groups is 2. The minimum absolute atomic E-state index is 0.0412. The molecule has 3 amide bonds. The second-order valence-electron chi connectivity index (χ2n) is 5.64. The van der Waals surface area contributed by atoms with Gasteiger partial charge in [-0.25, -0.2) is 9.59 Å². The van der Waals surface area contributed by atoms with Crippen molar-refractivity contribution in [2.24, 2.45) is 5.92 Å². The van der Waals surface area contributed by atoms with Crippen LogP contribution in [0.2, 0.25) is 0 Å². The summed E-state index contributed by atoms with van der Waals surface area (Å²) in [6.07, 6.45) is 1.17. The number of hydrogen-bond donors (Lipinski definition) is 1. The second-order valence-corrected chi connectivity index (χ2v) is 5.64. The summed E-state index contributed by atoms with van der Waals surface area (Å²) in [6.45, 7) is 3.39. The third kappa shape index (κ3) is 4.90. The van der Waals surface area contributed by atoms with Crippen molar-refractivity contribution in [2.45, 2.75) is 26.5 Å². The Morgan fingerprint density at radius 3 is 2.24 bits per heavy atom. The molecule has 0 spiro atoms. The van der Waals surface area contributed by atoms with Crippen LogP contribution in [0.4, 0.5) is 4.79 Å². The first kappa shape index (κ1) is 18.2. The van der Waals surface area contributed by atoms with Crippen LogP contribution in [0.3, 0.4) is 0 Å². The molecule has 0 saturated carbocycles. The molecule has 8 heteroatoms. The number of hydrogen-bond acceptors (Lipinski definition) is 6. The monoisotopic (exact) mass is 346 g/mol. The Kier molecular flexibility index (Phi) is 5.89. The molecule has 1 atom stereocenters. The number of carbonyl (C=O) groups excluding carboxylic acids is 4. The van der Waals surface area contributed by atoms with E-state index in [4.69, 9.17) is 9.57 Å². The Hall–Kier alpha value is -3.16. The number of rotatable bonds is 6. The quantitative estimate of drug-likeness (QED) is 0.780. The predicted octanol–water partition coefficient (Wildman–Crippen LogP) is 1.32. The Morgan fingerprint density at radius 2 is 1.68 bits per heavy atom. The van der Waals surface area contributed by atoms with Crippen molar-refractivity contribution < 1.29 is 28.8 Å². The molecule has 1 heterocycles. The number of imide groups is 1. The zero-order valence-electron chi connectivity index (χ0n) is 13.8. The summed E-state index contributed by atoms with van der Waals surface area (Å²) < 4.78 is 5.05. The number of benzene rings is 1. The Labute approximate surface area is 144 Å². The Balaban J connectivity index is 1.91. The van der Waals surface area contributed by atoms with E-state index in [0.717, 1.165) is 17.7 Å². The highest BCUT2D eigenvalue weighted by Gasteiger charge is 2.33. The molecule has 25 heavy (non-hydrogen) atoms. The number of nitrogens with zero attached hydrogens (tertiary/aromatic N) is 1. The molecule has 1 aromatic carbocycles. The van der Waals surface area contributed by atoms with Crippen molar-refractivity contribution in [3.8, 4) is 0 Å². The van der Waals surface area contributed by atoms with Gasteiger partial charge in [0, 0.05) is 12.2 Å². The molecule has 2 rings (SSSR count). The molecule has 1 aliphatic rings. The van der Waals surface area contributed by atoms with Crippen LogP contribution in [-0.4, -0.2) is 35.0 Å². The summed E-state index contributed by atoms with van der Waals surface area (Å²) in [6, 6.07) is 7.96. The van der Waals surface area contributed by atoms with Crippen molar-refractivity contribution in [2.75, 3.05) is 0 Å². The summed E-state index contributed by atoms with van der Waals surface area (Å²) in [5, 5.41) is 2.73. The molecule has 1 aliphatic heterocycles. The highest BCUT2D eigenvalue weighted by molar-refractivity contribution is 6.12. The summed E-state index contributed by atoms with van der Waals surface area (Å²) in [4.78, 5) is 51.7. The highest BCUT2D eigenvalue weighted by Crippen LogP contribution is 2.10. The van der Waals surface area contributed by atoms with Gasteiger partial charge in [0.05, 0.1) is 0 Å². The molecule has 0 aliphatic carbocycles. The van der Waals surface area contributed by atoms with E-state index in [1.807, 2.05) is 18.2 Å². The second kappa shape index (κ2) is 8.09. The number of amides is 3. The van der Waals surface area contributed by atoms with E-state index in [2.05, 4.69) is 5.32 Å². The number of nitrogens with one attached hydrogen (secondary N) is 1. The SMILES string of the molecule is CC(C)[C@H](NC(=O)OCc1ccccc1)C(=O)ON1C(=O)C=CC1=O. The van der Waals surface area contributed by atoms with E-state index >= 15 is 0 Å². The van der Waals surface area contributed by atoms with Crippen LogP contribution in [0.25, 0.3) is 0 Å². The summed E-state index contributed by atoms with van der Waals surface area (Å²) in [5.74, 6) is -2.80. The van der Waals surface area contributed by atoms with E-state index in [-0.39, 0.29) is 12.5 Å². The van der Waals surface area contributed by atoms with Crippen LogP contribution < -0.4 is 5.32 Å². The fourth-order valence-electron chi connectivity index (χ4n) is 2.01. The molecule has 8 nitrogen and oxygen atoms in total. The van der Waals surface area contributed by atoms with Gasteiger partial charge in [0.15, 0.2) is 0 Å². The third-order valence-electron chi connectivity index (χ3n) is 3.36. The molecule has 1 aromatic rings. The van der Waals surface area contributed by atoms with Gasteiger partial charge in [-0.1, -0.05) is 49.2 Å². The van der Waals surface area contributed by atoms with Gasteiger partial charge in [0.1, 0.15) is 12.6 Å². The Bertz CT molecular complexity index is 680. The molecule has 0 unspecified atom stereocenters. The average molecular weight is 346 g/mol. The van der Waals surface area contributed by atoms with Crippen molar-refractivity contribution in [3.63, 3.8) is 0 Å². The molecule has 132 valence electrons. The average Bonchev–Trinajstić information content (AvgIpc) is 2.90. The van der Waals surface area contributed by atoms with Crippen molar-refractivity contribution in [1.29, 1.82) is 0 Å². The lowest BCUT2D eigenvalue weighted by Gasteiger charge is -2.22. The van der Waals surface area contributed by atoms with Crippen molar-refractivity contribution in [1.82, 2.24) is 10.4 Å². The van der Waals surface area contributed by atoms with Gasteiger partial charge in [-0.3, -0.25) is 9.59 Å². The van der Waals surface area contributed by atoms with Crippen LogP contribution in [0.5, 0.6) is 0 Å². The number of alkyl carbamates (subject to hydrolysis) is 1. The van der Waals surface area contributed by atoms with E-state index in [9.17, 15) is 19.2 Å². The summed E-state index contributed by atoms with van der Waals surface area (Å²) in [5.41, 5.74) is 0.792. The number of ether oxygens (including phenoxy) is 1. The van der Waals surface area contributed by atoms with Gasteiger partial charge in [-0.05, 0) is 11.5 Å². The summed E-state index contributed by atoms with van der Waals surface area (Å²) >= 11 is 0. The van der Waals surface area contributed by atoms with Gasteiger partial charge in [-0.15, -0.1) is 0 Å². The predicted molar refractivity (Wildman–Crippen MR) is 85.5 cm³/mol. The molecular weight excluding hydrogens is 328 g/mol. The van der Waals surface area contributed by atoms with Crippen LogP contribution in [-0.2, 0) is 30.6 Å². The lowest BCUT2D eigenvalue weighted by Crippen LogP contribution is -2.48. The van der Waals surface area contributed by atoms with Crippen molar-refractivity contribution in [3.05, 3.63) is 48.0 Å². The molecule has 0 aromatic heterocycles. The maximum atomic E-state index is 12.2. The maximum Gasteiger partial charge on any atom is 0.408 e. The van der Waals surface area contributed by atoms with Crippen molar-refractivity contribution >= 4 is 23.9 Å². The molecule has 0 radical (unpaired) electrons. The Morgan fingerprint density at radius 1 is 1.08 bits per heavy atom. The first-order valence-electron chi connectivity index (χ1n) is 7.63. The lowest BCUT2D eigenvalue weighted by atomic mass is 10.1. The van der Waals surface area contributed by atoms with E-state index in [1.165, 1.54) is 0 Å². The standard InChI is InChI=1S/C17H18N2O6/c1-11(2)15(16(22)25-19-13(20)8-9-14(19)21)18-17(23)24-10-12-6-4-3-5-7-12/h3-9,11,15H,10H2,1-2H3,(H,18,23)/t15-/m0/s1. The van der Waals surface area contributed by atoms with Gasteiger partial charge in [0.2, 0.25) is 0 Å². The summed E-state index contributed by atoms with van der Waals surface area (Å²) in [7, 11) is 0. The van der Waals surface area contributed by atoms with Crippen LogP contribution in [0.1, 0.15) is 19.4 Å². The third-order valence-corrected chi connectivity index (χ3v) is 3.36. The smallest absolute Gasteiger partial charge is 0.408 e. The molecular formula is C17H18N2O6. The first-order valence-corrected chi connectivity index (χ1v) is 7.63. The van der Waals surface area contributed by atoms with E-state index in [1.54, 1.807) is 26.0 Å². The van der Waals surface area contributed by atoms with Gasteiger partial charge in [-0.2, -0.15) is 0 Å². The van der Waals surface area contributed by atoms with Gasteiger partial charge >= 0.3 is 12.1 Å². The van der Waals surface area contributed by atoms with Crippen LogP contribution >= 0.6 is 0 Å². The molecule has 0 saturated heterocycles. The highest BCUT2D eigenvalue weighted by atomic mass is 16.7. The van der Waals surface area contributed by atoms with E-state index in [0.29, 0.717) is 5.06 Å². The number of carbonyl (C=O) groups is 4. The molecule has 1 N–H and O–H groups in total. The zero-order chi connectivity index (χ0) is 18.4. The molecule has 0 fully saturated rings. The minimum Gasteiger partial charge on any atom is -0.445 e. The van der Waals surface area contributed by atoms with Crippen LogP contribution in [0.15, 0.2) is 42.5 Å².